The van der Waals surface area contributed by atoms with Gasteiger partial charge >= 0.3 is 12.0 Å². The topological polar surface area (TPSA) is 121 Å². The standard InChI is InChI=1S/C25H27N3O5/c1-14-7-5-8-15(2)21(14)18-10-6-9-17(11-18)19(12-20(29)30)26-25(33)27-22-23(31)16(3)13-28(4)24(22)32/h5-11,13,19,31H,12H2,1-4H3,(H,29,30)(H2,26,27,33)/t19-/m0/s1. The largest absolute Gasteiger partial charge is 0.505 e. The van der Waals surface area contributed by atoms with E-state index in [-0.39, 0.29) is 17.9 Å². The zero-order chi connectivity index (χ0) is 24.3. The first-order valence-corrected chi connectivity index (χ1v) is 10.4. The Kier molecular flexibility index (Phi) is 6.86. The van der Waals surface area contributed by atoms with Crippen molar-refractivity contribution in [1.29, 1.82) is 0 Å². The van der Waals surface area contributed by atoms with Crippen molar-refractivity contribution in [3.8, 4) is 16.9 Å². The minimum absolute atomic E-state index is 0.270. The number of aromatic nitrogens is 1. The van der Waals surface area contributed by atoms with Crippen LogP contribution in [0.1, 0.15) is 34.7 Å². The van der Waals surface area contributed by atoms with E-state index in [4.69, 9.17) is 0 Å². The van der Waals surface area contributed by atoms with Crippen LogP contribution in [-0.2, 0) is 11.8 Å². The van der Waals surface area contributed by atoms with Gasteiger partial charge in [-0.25, -0.2) is 4.79 Å². The van der Waals surface area contributed by atoms with E-state index in [1.54, 1.807) is 13.0 Å². The van der Waals surface area contributed by atoms with Crippen LogP contribution >= 0.6 is 0 Å². The van der Waals surface area contributed by atoms with Crippen molar-refractivity contribution in [2.75, 3.05) is 5.32 Å². The summed E-state index contributed by atoms with van der Waals surface area (Å²) in [6.45, 7) is 5.61. The molecule has 0 spiro atoms. The molecule has 33 heavy (non-hydrogen) atoms. The third-order valence-electron chi connectivity index (χ3n) is 5.51. The predicted molar refractivity (Wildman–Crippen MR) is 127 cm³/mol. The Bertz CT molecular complexity index is 1260. The molecule has 0 bridgehead atoms. The predicted octanol–water partition coefficient (Wildman–Crippen LogP) is 4.02. The van der Waals surface area contributed by atoms with E-state index >= 15 is 0 Å². The maximum Gasteiger partial charge on any atom is 0.319 e. The van der Waals surface area contributed by atoms with Gasteiger partial charge in [0, 0.05) is 18.8 Å². The molecule has 1 atom stereocenters. The van der Waals surface area contributed by atoms with Crippen LogP contribution in [0.15, 0.2) is 53.5 Å². The van der Waals surface area contributed by atoms with Crippen LogP contribution < -0.4 is 16.2 Å². The number of nitrogens with one attached hydrogen (secondary N) is 2. The van der Waals surface area contributed by atoms with Gasteiger partial charge in [0.2, 0.25) is 0 Å². The Balaban J connectivity index is 1.92. The first-order chi connectivity index (χ1) is 15.6. The number of nitrogens with zero attached hydrogens (tertiary/aromatic N) is 1. The number of rotatable bonds is 6. The lowest BCUT2D eigenvalue weighted by atomic mass is 9.93. The Morgan fingerprint density at radius 2 is 1.67 bits per heavy atom. The lowest BCUT2D eigenvalue weighted by molar-refractivity contribution is -0.137. The van der Waals surface area contributed by atoms with Crippen LogP contribution in [0.5, 0.6) is 5.75 Å². The van der Waals surface area contributed by atoms with E-state index in [0.29, 0.717) is 11.1 Å². The quantitative estimate of drug-likeness (QED) is 0.453. The Hall–Kier alpha value is -4.07. The van der Waals surface area contributed by atoms with E-state index in [9.17, 15) is 24.6 Å². The van der Waals surface area contributed by atoms with Crippen molar-refractivity contribution in [1.82, 2.24) is 9.88 Å². The lowest BCUT2D eigenvalue weighted by Gasteiger charge is -2.20. The number of anilines is 1. The second-order valence-corrected chi connectivity index (χ2v) is 8.09. The van der Waals surface area contributed by atoms with Crippen LogP contribution in [0, 0.1) is 20.8 Å². The van der Waals surface area contributed by atoms with Crippen molar-refractivity contribution in [2.45, 2.75) is 33.2 Å². The minimum atomic E-state index is -1.09. The minimum Gasteiger partial charge on any atom is -0.505 e. The van der Waals surface area contributed by atoms with Crippen molar-refractivity contribution >= 4 is 17.7 Å². The Labute approximate surface area is 191 Å². The molecule has 2 aromatic carbocycles. The normalized spacial score (nSPS) is 11.6. The summed E-state index contributed by atoms with van der Waals surface area (Å²) in [4.78, 5) is 36.6. The molecule has 0 saturated carbocycles. The van der Waals surface area contributed by atoms with Gasteiger partial charge in [-0.05, 0) is 54.7 Å². The molecule has 172 valence electrons. The van der Waals surface area contributed by atoms with Gasteiger partial charge in [-0.15, -0.1) is 0 Å². The van der Waals surface area contributed by atoms with Gasteiger partial charge in [0.05, 0.1) is 12.5 Å². The Morgan fingerprint density at radius 3 is 2.30 bits per heavy atom. The molecule has 0 aliphatic heterocycles. The molecule has 8 heteroatoms. The number of hydrogen-bond acceptors (Lipinski definition) is 4. The van der Waals surface area contributed by atoms with Crippen molar-refractivity contribution in [3.05, 3.63) is 81.3 Å². The molecule has 0 radical (unpaired) electrons. The van der Waals surface area contributed by atoms with Crippen LogP contribution in [0.25, 0.3) is 11.1 Å². The van der Waals surface area contributed by atoms with Crippen molar-refractivity contribution in [3.63, 3.8) is 0 Å². The van der Waals surface area contributed by atoms with E-state index in [1.807, 2.05) is 50.2 Å². The SMILES string of the molecule is Cc1cn(C)c(=O)c(NC(=O)N[C@@H](CC(=O)O)c2cccc(-c3c(C)cccc3C)c2)c1O. The monoisotopic (exact) mass is 449 g/mol. The summed E-state index contributed by atoms with van der Waals surface area (Å²) in [5, 5.41) is 24.6. The van der Waals surface area contributed by atoms with Gasteiger partial charge in [0.15, 0.2) is 5.69 Å². The number of pyridine rings is 1. The molecule has 0 aliphatic carbocycles. The number of carbonyl (C=O) groups is 2. The molecular weight excluding hydrogens is 422 g/mol. The summed E-state index contributed by atoms with van der Waals surface area (Å²) in [5.41, 5.74) is 4.28. The number of benzene rings is 2. The summed E-state index contributed by atoms with van der Waals surface area (Å²) in [7, 11) is 1.50. The molecule has 1 aromatic heterocycles. The first-order valence-electron chi connectivity index (χ1n) is 10.4. The van der Waals surface area contributed by atoms with E-state index in [2.05, 4.69) is 10.6 Å². The average molecular weight is 450 g/mol. The highest BCUT2D eigenvalue weighted by Gasteiger charge is 2.21. The molecule has 0 unspecified atom stereocenters. The molecular formula is C25H27N3O5. The molecule has 0 fully saturated rings. The molecule has 1 heterocycles. The molecule has 4 N–H and O–H groups in total. The smallest absolute Gasteiger partial charge is 0.319 e. The second kappa shape index (κ2) is 9.60. The van der Waals surface area contributed by atoms with Crippen molar-refractivity contribution in [2.24, 2.45) is 7.05 Å². The molecule has 0 saturated heterocycles. The van der Waals surface area contributed by atoms with E-state index < -0.39 is 23.6 Å². The highest BCUT2D eigenvalue weighted by Crippen LogP contribution is 2.30. The van der Waals surface area contributed by atoms with Crippen LogP contribution in [-0.4, -0.2) is 26.8 Å². The first kappa shape index (κ1) is 23.6. The van der Waals surface area contributed by atoms with Gasteiger partial charge in [-0.2, -0.15) is 0 Å². The third kappa shape index (κ3) is 5.23. The summed E-state index contributed by atoms with van der Waals surface area (Å²) < 4.78 is 1.24. The fraction of sp³-hybridized carbons (Fsp3) is 0.240. The zero-order valence-electron chi connectivity index (χ0n) is 19.0. The number of carbonyl (C=O) groups excluding carboxylic acids is 1. The van der Waals surface area contributed by atoms with Crippen LogP contribution in [0.2, 0.25) is 0 Å². The highest BCUT2D eigenvalue weighted by molar-refractivity contribution is 5.91. The average Bonchev–Trinajstić information content (AvgIpc) is 2.75. The number of amides is 2. The van der Waals surface area contributed by atoms with Gasteiger partial charge in [-0.3, -0.25) is 9.59 Å². The summed E-state index contributed by atoms with van der Waals surface area (Å²) in [6, 6.07) is 11.7. The van der Waals surface area contributed by atoms with Crippen molar-refractivity contribution < 1.29 is 19.8 Å². The number of aliphatic carboxylic acids is 1. The highest BCUT2D eigenvalue weighted by atomic mass is 16.4. The molecule has 3 aromatic rings. The maximum absolute atomic E-state index is 12.7. The Morgan fingerprint density at radius 1 is 1.03 bits per heavy atom. The van der Waals surface area contributed by atoms with E-state index in [1.165, 1.54) is 17.8 Å². The summed E-state index contributed by atoms with van der Waals surface area (Å²) in [5.74, 6) is -1.42. The number of aryl methyl sites for hydroxylation is 4. The summed E-state index contributed by atoms with van der Waals surface area (Å²) >= 11 is 0. The fourth-order valence-electron chi connectivity index (χ4n) is 3.91. The molecule has 8 nitrogen and oxygen atoms in total. The van der Waals surface area contributed by atoms with Gasteiger partial charge < -0.3 is 25.4 Å². The second-order valence-electron chi connectivity index (χ2n) is 8.09. The third-order valence-corrected chi connectivity index (χ3v) is 5.51. The summed E-state index contributed by atoms with van der Waals surface area (Å²) in [6.07, 6.45) is 1.09. The number of carboxylic acids is 1. The number of aromatic hydroxyl groups is 1. The fourth-order valence-corrected chi connectivity index (χ4v) is 3.91. The lowest BCUT2D eigenvalue weighted by Crippen LogP contribution is -2.36. The van der Waals surface area contributed by atoms with Gasteiger partial charge in [0.25, 0.3) is 5.56 Å². The van der Waals surface area contributed by atoms with Gasteiger partial charge in [-0.1, -0.05) is 36.4 Å². The number of hydrogen-bond donors (Lipinski definition) is 4. The molecule has 0 aliphatic rings. The molecule has 2 amide bonds. The van der Waals surface area contributed by atoms with E-state index in [0.717, 1.165) is 22.3 Å². The maximum atomic E-state index is 12.7. The molecule has 3 rings (SSSR count). The number of urea groups is 1. The zero-order valence-corrected chi connectivity index (χ0v) is 19.0. The van der Waals surface area contributed by atoms with Crippen LogP contribution in [0.4, 0.5) is 10.5 Å². The van der Waals surface area contributed by atoms with Gasteiger partial charge in [0.1, 0.15) is 5.75 Å². The number of carboxylic acid groups (broad SMARTS) is 1. The van der Waals surface area contributed by atoms with Crippen LogP contribution in [0.3, 0.4) is 0 Å².